The van der Waals surface area contributed by atoms with Gasteiger partial charge in [-0.15, -0.1) is 0 Å². The Morgan fingerprint density at radius 1 is 1.54 bits per heavy atom. The van der Waals surface area contributed by atoms with E-state index in [0.717, 1.165) is 12.6 Å². The first kappa shape index (κ1) is 11.0. The minimum Gasteiger partial charge on any atom is -0.383 e. The fraction of sp³-hybridized carbons (Fsp3) is 1.00. The van der Waals surface area contributed by atoms with Crippen LogP contribution >= 0.6 is 0 Å². The summed E-state index contributed by atoms with van der Waals surface area (Å²) in [6, 6.07) is 0.726. The molecule has 3 heteroatoms. The monoisotopic (exact) mass is 186 g/mol. The average molecular weight is 186 g/mol. The van der Waals surface area contributed by atoms with E-state index in [9.17, 15) is 0 Å². The molecule has 0 spiro atoms. The molecule has 1 aliphatic carbocycles. The number of rotatable bonds is 5. The van der Waals surface area contributed by atoms with Gasteiger partial charge in [0.05, 0.1) is 12.1 Å². The van der Waals surface area contributed by atoms with Gasteiger partial charge in [0, 0.05) is 19.7 Å². The highest BCUT2D eigenvalue weighted by molar-refractivity contribution is 4.92. The van der Waals surface area contributed by atoms with E-state index in [4.69, 9.17) is 10.5 Å². The zero-order valence-corrected chi connectivity index (χ0v) is 9.05. The third-order valence-corrected chi connectivity index (χ3v) is 3.37. The van der Waals surface area contributed by atoms with Crippen LogP contribution in [-0.2, 0) is 4.74 Å². The van der Waals surface area contributed by atoms with Crippen LogP contribution < -0.4 is 5.73 Å². The Labute approximate surface area is 81.2 Å². The van der Waals surface area contributed by atoms with E-state index in [1.807, 2.05) is 0 Å². The molecule has 0 aromatic carbocycles. The summed E-state index contributed by atoms with van der Waals surface area (Å²) in [4.78, 5) is 2.39. The second kappa shape index (κ2) is 4.40. The van der Waals surface area contributed by atoms with Gasteiger partial charge in [-0.05, 0) is 26.8 Å². The number of likely N-dealkylation sites (N-methyl/N-ethyl adjacent to an activating group) is 1. The Bertz CT molecular complexity index is 159. The van der Waals surface area contributed by atoms with Gasteiger partial charge in [-0.1, -0.05) is 6.42 Å². The molecule has 3 nitrogen and oxygen atoms in total. The predicted octanol–water partition coefficient (Wildman–Crippen LogP) is 0.835. The van der Waals surface area contributed by atoms with E-state index < -0.39 is 0 Å². The first-order valence-corrected chi connectivity index (χ1v) is 5.06. The van der Waals surface area contributed by atoms with Crippen LogP contribution in [0.3, 0.4) is 0 Å². The van der Waals surface area contributed by atoms with Gasteiger partial charge in [-0.25, -0.2) is 0 Å². The largest absolute Gasteiger partial charge is 0.383 e. The predicted molar refractivity (Wildman–Crippen MR) is 54.7 cm³/mol. The van der Waals surface area contributed by atoms with Crippen LogP contribution in [0, 0.1) is 0 Å². The minimum absolute atomic E-state index is 0.0137. The lowest BCUT2D eigenvalue weighted by Crippen LogP contribution is -2.58. The maximum absolute atomic E-state index is 5.79. The van der Waals surface area contributed by atoms with E-state index in [2.05, 4.69) is 18.9 Å². The van der Waals surface area contributed by atoms with E-state index in [-0.39, 0.29) is 5.54 Å². The van der Waals surface area contributed by atoms with Gasteiger partial charge in [0.15, 0.2) is 0 Å². The van der Waals surface area contributed by atoms with Crippen molar-refractivity contribution in [1.29, 1.82) is 0 Å². The van der Waals surface area contributed by atoms with Gasteiger partial charge < -0.3 is 10.5 Å². The summed E-state index contributed by atoms with van der Waals surface area (Å²) < 4.78 is 5.22. The zero-order valence-electron chi connectivity index (χ0n) is 9.05. The van der Waals surface area contributed by atoms with Crippen molar-refractivity contribution in [2.75, 3.05) is 27.3 Å². The summed E-state index contributed by atoms with van der Waals surface area (Å²) in [5.74, 6) is 0. The van der Waals surface area contributed by atoms with Crippen molar-refractivity contribution in [3.05, 3.63) is 0 Å². The molecule has 0 radical (unpaired) electrons. The Balaban J connectivity index is 2.51. The summed E-state index contributed by atoms with van der Waals surface area (Å²) >= 11 is 0. The molecular weight excluding hydrogens is 164 g/mol. The van der Waals surface area contributed by atoms with Gasteiger partial charge in [-0.3, -0.25) is 4.90 Å². The summed E-state index contributed by atoms with van der Waals surface area (Å²) in [6.07, 6.45) is 3.99. The van der Waals surface area contributed by atoms with Crippen LogP contribution in [0.15, 0.2) is 0 Å². The van der Waals surface area contributed by atoms with E-state index in [0.29, 0.717) is 6.54 Å². The fourth-order valence-corrected chi connectivity index (χ4v) is 1.83. The van der Waals surface area contributed by atoms with Crippen molar-refractivity contribution >= 4 is 0 Å². The van der Waals surface area contributed by atoms with Gasteiger partial charge in [0.1, 0.15) is 0 Å². The van der Waals surface area contributed by atoms with Crippen molar-refractivity contribution in [3.8, 4) is 0 Å². The molecule has 2 N–H and O–H groups in total. The van der Waals surface area contributed by atoms with Crippen LogP contribution in [0.1, 0.15) is 26.2 Å². The highest BCUT2D eigenvalue weighted by Crippen LogP contribution is 2.28. The first-order valence-electron chi connectivity index (χ1n) is 5.06. The van der Waals surface area contributed by atoms with Crippen molar-refractivity contribution < 1.29 is 4.74 Å². The molecule has 78 valence electrons. The van der Waals surface area contributed by atoms with Gasteiger partial charge in [0.25, 0.3) is 0 Å². The molecule has 1 aliphatic rings. The molecule has 1 rings (SSSR count). The molecule has 0 aromatic heterocycles. The molecule has 0 amide bonds. The van der Waals surface area contributed by atoms with Gasteiger partial charge in [0.2, 0.25) is 0 Å². The molecule has 1 atom stereocenters. The number of nitrogens with zero attached hydrogens (tertiary/aromatic N) is 1. The van der Waals surface area contributed by atoms with Crippen LogP contribution in [0.5, 0.6) is 0 Å². The number of hydrogen-bond acceptors (Lipinski definition) is 3. The number of nitrogens with two attached hydrogens (primary N) is 1. The fourth-order valence-electron chi connectivity index (χ4n) is 1.83. The first-order chi connectivity index (χ1) is 6.14. The second-order valence-corrected chi connectivity index (χ2v) is 4.33. The maximum atomic E-state index is 5.79. The average Bonchev–Trinajstić information content (AvgIpc) is 2.01. The molecule has 0 aromatic rings. The molecule has 1 saturated carbocycles. The van der Waals surface area contributed by atoms with Crippen LogP contribution in [-0.4, -0.2) is 43.8 Å². The summed E-state index contributed by atoms with van der Waals surface area (Å²) in [5, 5.41) is 0. The molecule has 0 aliphatic heterocycles. The Morgan fingerprint density at radius 3 is 2.46 bits per heavy atom. The lowest BCUT2D eigenvalue weighted by Gasteiger charge is -2.46. The normalized spacial score (nSPS) is 22.8. The molecule has 0 bridgehead atoms. The smallest absolute Gasteiger partial charge is 0.0656 e. The highest BCUT2D eigenvalue weighted by Gasteiger charge is 2.35. The zero-order chi connectivity index (χ0) is 9.90. The summed E-state index contributed by atoms with van der Waals surface area (Å²) in [5.41, 5.74) is 5.80. The minimum atomic E-state index is 0.0137. The Morgan fingerprint density at radius 2 is 2.15 bits per heavy atom. The number of methoxy groups -OCH3 is 1. The standard InChI is InChI=1S/C10H22N2O/c1-10(7-11,8-13-3)12(2)9-5-4-6-9/h9H,4-8,11H2,1-3H3. The lowest BCUT2D eigenvalue weighted by atomic mass is 9.87. The third kappa shape index (κ3) is 2.22. The maximum Gasteiger partial charge on any atom is 0.0656 e. The van der Waals surface area contributed by atoms with Gasteiger partial charge in [-0.2, -0.15) is 0 Å². The van der Waals surface area contributed by atoms with Crippen molar-refractivity contribution in [3.63, 3.8) is 0 Å². The molecule has 1 unspecified atom stereocenters. The van der Waals surface area contributed by atoms with Crippen LogP contribution in [0.2, 0.25) is 0 Å². The van der Waals surface area contributed by atoms with E-state index >= 15 is 0 Å². The van der Waals surface area contributed by atoms with E-state index in [1.165, 1.54) is 19.3 Å². The van der Waals surface area contributed by atoms with Gasteiger partial charge >= 0.3 is 0 Å². The second-order valence-electron chi connectivity index (χ2n) is 4.33. The molecular formula is C10H22N2O. The SMILES string of the molecule is COCC(C)(CN)N(C)C1CCC1. The Kier molecular flexibility index (Phi) is 3.71. The summed E-state index contributed by atoms with van der Waals surface area (Å²) in [6.45, 7) is 3.55. The van der Waals surface area contributed by atoms with Crippen molar-refractivity contribution in [2.24, 2.45) is 5.73 Å². The quantitative estimate of drug-likeness (QED) is 0.691. The van der Waals surface area contributed by atoms with Crippen molar-refractivity contribution in [1.82, 2.24) is 4.90 Å². The summed E-state index contributed by atoms with van der Waals surface area (Å²) in [7, 11) is 3.90. The molecule has 13 heavy (non-hydrogen) atoms. The topological polar surface area (TPSA) is 38.5 Å². The van der Waals surface area contributed by atoms with Crippen LogP contribution in [0.25, 0.3) is 0 Å². The lowest BCUT2D eigenvalue weighted by molar-refractivity contribution is -0.00436. The van der Waals surface area contributed by atoms with E-state index in [1.54, 1.807) is 7.11 Å². The highest BCUT2D eigenvalue weighted by atomic mass is 16.5. The molecule has 1 fully saturated rings. The number of hydrogen-bond donors (Lipinski definition) is 1. The Hall–Kier alpha value is -0.120. The molecule has 0 heterocycles. The number of ether oxygens (including phenoxy) is 1. The van der Waals surface area contributed by atoms with Crippen molar-refractivity contribution in [2.45, 2.75) is 37.8 Å². The van der Waals surface area contributed by atoms with Crippen LogP contribution in [0.4, 0.5) is 0 Å². The molecule has 0 saturated heterocycles. The third-order valence-electron chi connectivity index (χ3n) is 3.37.